The molecule has 18 heavy (non-hydrogen) atoms. The summed E-state index contributed by atoms with van der Waals surface area (Å²) >= 11 is 0. The van der Waals surface area contributed by atoms with Crippen LogP contribution in [0.25, 0.3) is 0 Å². The molecule has 3 atom stereocenters. The number of hydrogen-bond acceptors (Lipinski definition) is 3. The Morgan fingerprint density at radius 2 is 2.00 bits per heavy atom. The van der Waals surface area contributed by atoms with Gasteiger partial charge in [0.25, 0.3) is 0 Å². The lowest BCUT2D eigenvalue weighted by Crippen LogP contribution is -2.43. The van der Waals surface area contributed by atoms with Crippen LogP contribution in [0.3, 0.4) is 0 Å². The van der Waals surface area contributed by atoms with Crippen molar-refractivity contribution in [1.29, 1.82) is 0 Å². The number of hydrogen-bond donors (Lipinski definition) is 1. The molecular formula is C15H26O3. The molecule has 0 spiro atoms. The van der Waals surface area contributed by atoms with Gasteiger partial charge in [-0.1, -0.05) is 12.8 Å². The lowest BCUT2D eigenvalue weighted by atomic mass is 9.64. The fourth-order valence-electron chi connectivity index (χ4n) is 3.93. The van der Waals surface area contributed by atoms with E-state index in [-0.39, 0.29) is 23.9 Å². The van der Waals surface area contributed by atoms with Gasteiger partial charge in [0.1, 0.15) is 5.60 Å². The molecule has 1 N–H and O–H groups in total. The van der Waals surface area contributed by atoms with E-state index in [2.05, 4.69) is 0 Å². The molecule has 3 nitrogen and oxygen atoms in total. The highest BCUT2D eigenvalue weighted by atomic mass is 16.6. The van der Waals surface area contributed by atoms with Gasteiger partial charge in [-0.3, -0.25) is 4.79 Å². The van der Waals surface area contributed by atoms with E-state index < -0.39 is 5.60 Å². The van der Waals surface area contributed by atoms with Crippen molar-refractivity contribution in [3.63, 3.8) is 0 Å². The van der Waals surface area contributed by atoms with Crippen LogP contribution in [0.4, 0.5) is 0 Å². The second-order valence-corrected chi connectivity index (χ2v) is 7.00. The van der Waals surface area contributed by atoms with Crippen molar-refractivity contribution in [2.24, 2.45) is 17.3 Å². The second-order valence-electron chi connectivity index (χ2n) is 7.00. The fourth-order valence-corrected chi connectivity index (χ4v) is 3.93. The Kier molecular flexibility index (Phi) is 3.72. The van der Waals surface area contributed by atoms with E-state index in [4.69, 9.17) is 4.74 Å². The number of ether oxygens (including phenoxy) is 1. The van der Waals surface area contributed by atoms with E-state index in [1.165, 1.54) is 12.8 Å². The van der Waals surface area contributed by atoms with Crippen LogP contribution in [0, 0.1) is 17.3 Å². The molecule has 2 rings (SSSR count). The van der Waals surface area contributed by atoms with Crippen LogP contribution in [0.1, 0.15) is 59.3 Å². The molecule has 0 amide bonds. The van der Waals surface area contributed by atoms with Crippen LogP contribution in [0.2, 0.25) is 0 Å². The monoisotopic (exact) mass is 254 g/mol. The van der Waals surface area contributed by atoms with Crippen molar-refractivity contribution < 1.29 is 14.6 Å². The van der Waals surface area contributed by atoms with Crippen LogP contribution >= 0.6 is 0 Å². The first-order valence-electron chi connectivity index (χ1n) is 7.23. The Bertz CT molecular complexity index is 318. The minimum atomic E-state index is -0.430. The third-order valence-corrected chi connectivity index (χ3v) is 4.74. The van der Waals surface area contributed by atoms with Gasteiger partial charge in [0.15, 0.2) is 0 Å². The minimum Gasteiger partial charge on any atom is -0.460 e. The average molecular weight is 254 g/mol. The van der Waals surface area contributed by atoms with Crippen molar-refractivity contribution in [1.82, 2.24) is 0 Å². The van der Waals surface area contributed by atoms with E-state index in [0.717, 1.165) is 25.7 Å². The van der Waals surface area contributed by atoms with Gasteiger partial charge in [0, 0.05) is 12.0 Å². The molecule has 2 fully saturated rings. The molecule has 0 aromatic rings. The highest BCUT2D eigenvalue weighted by Gasteiger charge is 2.54. The van der Waals surface area contributed by atoms with Crippen molar-refractivity contribution in [2.75, 3.05) is 6.61 Å². The lowest BCUT2D eigenvalue weighted by molar-refractivity contribution is -0.167. The first-order valence-corrected chi connectivity index (χ1v) is 7.23. The van der Waals surface area contributed by atoms with Gasteiger partial charge < -0.3 is 9.84 Å². The first kappa shape index (κ1) is 13.9. The molecule has 2 saturated carbocycles. The molecule has 0 radical (unpaired) electrons. The van der Waals surface area contributed by atoms with Gasteiger partial charge in [0.2, 0.25) is 0 Å². The summed E-state index contributed by atoms with van der Waals surface area (Å²) in [5.74, 6) is 0.335. The number of esters is 1. The van der Waals surface area contributed by atoms with Gasteiger partial charge in [-0.25, -0.2) is 0 Å². The summed E-state index contributed by atoms with van der Waals surface area (Å²) in [5.41, 5.74) is -0.610. The summed E-state index contributed by atoms with van der Waals surface area (Å²) in [7, 11) is 0. The summed E-state index contributed by atoms with van der Waals surface area (Å²) in [6, 6.07) is 0. The molecule has 0 saturated heterocycles. The molecule has 104 valence electrons. The topological polar surface area (TPSA) is 46.5 Å². The van der Waals surface area contributed by atoms with Gasteiger partial charge in [-0.2, -0.15) is 0 Å². The van der Waals surface area contributed by atoms with Crippen molar-refractivity contribution in [3.05, 3.63) is 0 Å². The Balaban J connectivity index is 2.15. The Morgan fingerprint density at radius 3 is 2.61 bits per heavy atom. The zero-order chi connectivity index (χ0) is 13.4. The van der Waals surface area contributed by atoms with Gasteiger partial charge in [-0.15, -0.1) is 0 Å². The molecule has 0 aromatic carbocycles. The summed E-state index contributed by atoms with van der Waals surface area (Å²) in [5, 5.41) is 9.86. The van der Waals surface area contributed by atoms with E-state index in [1.807, 2.05) is 20.8 Å². The van der Waals surface area contributed by atoms with Crippen LogP contribution in [0.5, 0.6) is 0 Å². The zero-order valence-electron chi connectivity index (χ0n) is 11.9. The Labute approximate surface area is 110 Å². The summed E-state index contributed by atoms with van der Waals surface area (Å²) in [4.78, 5) is 12.3. The molecule has 0 aliphatic heterocycles. The molecule has 3 unspecified atom stereocenters. The molecule has 0 aromatic heterocycles. The standard InChI is InChI=1S/C15H26O3/c1-14(2,3)18-13(17)12-8-7-11-6-4-5-9-15(11,12)10-16/h11-12,16H,4-10H2,1-3H3. The number of aliphatic hydroxyl groups is 1. The predicted octanol–water partition coefficient (Wildman–Crippen LogP) is 2.91. The summed E-state index contributed by atoms with van der Waals surface area (Å²) in [6.07, 6.45) is 6.49. The maximum atomic E-state index is 12.3. The third kappa shape index (κ3) is 2.42. The summed E-state index contributed by atoms with van der Waals surface area (Å²) in [6.45, 7) is 5.86. The van der Waals surface area contributed by atoms with Crippen molar-refractivity contribution >= 4 is 5.97 Å². The van der Waals surface area contributed by atoms with Crippen LogP contribution in [0.15, 0.2) is 0 Å². The van der Waals surface area contributed by atoms with Gasteiger partial charge in [-0.05, 0) is 52.4 Å². The molecular weight excluding hydrogens is 228 g/mol. The number of carbonyl (C=O) groups excluding carboxylic acids is 1. The second kappa shape index (κ2) is 4.84. The van der Waals surface area contributed by atoms with Crippen LogP contribution in [-0.4, -0.2) is 23.3 Å². The van der Waals surface area contributed by atoms with Crippen LogP contribution in [-0.2, 0) is 9.53 Å². The maximum absolute atomic E-state index is 12.3. The highest BCUT2D eigenvalue weighted by molar-refractivity contribution is 5.74. The molecule has 2 aliphatic carbocycles. The fraction of sp³-hybridized carbons (Fsp3) is 0.933. The molecule has 0 heterocycles. The normalized spacial score (nSPS) is 36.2. The van der Waals surface area contributed by atoms with Gasteiger partial charge >= 0.3 is 5.97 Å². The van der Waals surface area contributed by atoms with Gasteiger partial charge in [0.05, 0.1) is 5.92 Å². The Morgan fingerprint density at radius 1 is 1.28 bits per heavy atom. The van der Waals surface area contributed by atoms with Crippen molar-refractivity contribution in [3.8, 4) is 0 Å². The zero-order valence-corrected chi connectivity index (χ0v) is 11.9. The van der Waals surface area contributed by atoms with Crippen molar-refractivity contribution in [2.45, 2.75) is 64.9 Å². The van der Waals surface area contributed by atoms with E-state index in [9.17, 15) is 9.90 Å². The number of carbonyl (C=O) groups is 1. The maximum Gasteiger partial charge on any atom is 0.310 e. The molecule has 2 aliphatic rings. The van der Waals surface area contributed by atoms with E-state index in [1.54, 1.807) is 0 Å². The number of aliphatic hydroxyl groups excluding tert-OH is 1. The van der Waals surface area contributed by atoms with E-state index in [0.29, 0.717) is 5.92 Å². The summed E-state index contributed by atoms with van der Waals surface area (Å²) < 4.78 is 5.55. The Hall–Kier alpha value is -0.570. The van der Waals surface area contributed by atoms with E-state index >= 15 is 0 Å². The minimum absolute atomic E-state index is 0.0907. The predicted molar refractivity (Wildman–Crippen MR) is 70.0 cm³/mol. The first-order chi connectivity index (χ1) is 8.39. The molecule has 0 bridgehead atoms. The smallest absolute Gasteiger partial charge is 0.310 e. The largest absolute Gasteiger partial charge is 0.460 e. The van der Waals surface area contributed by atoms with Crippen LogP contribution < -0.4 is 0 Å². The quantitative estimate of drug-likeness (QED) is 0.771. The lowest BCUT2D eigenvalue weighted by Gasteiger charge is -2.41. The number of fused-ring (bicyclic) bond motifs is 1. The SMILES string of the molecule is CC(C)(C)OC(=O)C1CCC2CCCCC21CO. The third-order valence-electron chi connectivity index (χ3n) is 4.74. The highest BCUT2D eigenvalue weighted by Crippen LogP contribution is 2.55. The number of rotatable bonds is 2. The average Bonchev–Trinajstić information content (AvgIpc) is 2.66. The molecule has 3 heteroatoms.